The van der Waals surface area contributed by atoms with E-state index in [4.69, 9.17) is 9.29 Å². The number of hydrogen-bond donors (Lipinski definition) is 3. The molecule has 0 aliphatic rings. The van der Waals surface area contributed by atoms with Crippen LogP contribution in [0.4, 0.5) is 16.2 Å². The van der Waals surface area contributed by atoms with Crippen molar-refractivity contribution in [3.63, 3.8) is 0 Å². The van der Waals surface area contributed by atoms with Gasteiger partial charge in [-0.25, -0.2) is 4.79 Å². The molecule has 0 aromatic heterocycles. The summed E-state index contributed by atoms with van der Waals surface area (Å²) in [6.45, 7) is 0. The maximum atomic E-state index is 11.9. The van der Waals surface area contributed by atoms with Crippen LogP contribution < -0.4 is 15.4 Å². The normalized spacial score (nSPS) is 10.8. The summed E-state index contributed by atoms with van der Waals surface area (Å²) in [5.74, 6) is 0.589. The molecule has 0 saturated carbocycles. The fourth-order valence-corrected chi connectivity index (χ4v) is 2.26. The molecule has 0 heterocycles. The first kappa shape index (κ1) is 15.8. The second-order valence-corrected chi connectivity index (χ2v) is 5.74. The number of hydrogen-bond acceptors (Lipinski definition) is 4. The predicted octanol–water partition coefficient (Wildman–Crippen LogP) is 2.59. The van der Waals surface area contributed by atoms with E-state index < -0.39 is 16.1 Å². The van der Waals surface area contributed by atoms with E-state index in [-0.39, 0.29) is 10.6 Å². The summed E-state index contributed by atoms with van der Waals surface area (Å²) >= 11 is 0. The maximum absolute atomic E-state index is 11.9. The summed E-state index contributed by atoms with van der Waals surface area (Å²) in [6.07, 6.45) is 0. The molecule has 0 aliphatic heterocycles. The van der Waals surface area contributed by atoms with E-state index in [1.165, 1.54) is 25.3 Å². The van der Waals surface area contributed by atoms with Crippen LogP contribution >= 0.6 is 0 Å². The molecule has 3 N–H and O–H groups in total. The summed E-state index contributed by atoms with van der Waals surface area (Å²) < 4.78 is 36.1. The minimum Gasteiger partial charge on any atom is -0.497 e. The van der Waals surface area contributed by atoms with Gasteiger partial charge in [-0.05, 0) is 30.3 Å². The standard InChI is InChI=1S/C14H14N2O5S/c1-21-12-6-2-4-10(8-12)15-14(17)16-11-5-3-7-13(9-11)22(18,19)20/h2-9H,1H3,(H2,15,16,17)(H,18,19,20). The Bertz CT molecular complexity index is 789. The third-order valence-corrected chi connectivity index (χ3v) is 3.57. The Morgan fingerprint density at radius 3 is 2.23 bits per heavy atom. The molecule has 116 valence electrons. The molecule has 0 spiro atoms. The summed E-state index contributed by atoms with van der Waals surface area (Å²) in [4.78, 5) is 11.6. The van der Waals surface area contributed by atoms with E-state index >= 15 is 0 Å². The van der Waals surface area contributed by atoms with Crippen molar-refractivity contribution in [2.75, 3.05) is 17.7 Å². The van der Waals surface area contributed by atoms with Crippen LogP contribution in [0.5, 0.6) is 5.75 Å². The zero-order valence-corrected chi connectivity index (χ0v) is 12.4. The average molecular weight is 322 g/mol. The lowest BCUT2D eigenvalue weighted by molar-refractivity contribution is 0.262. The Balaban J connectivity index is 2.09. The summed E-state index contributed by atoms with van der Waals surface area (Å²) in [6, 6.07) is 11.5. The molecule has 2 rings (SSSR count). The van der Waals surface area contributed by atoms with Gasteiger partial charge >= 0.3 is 6.03 Å². The van der Waals surface area contributed by atoms with Crippen molar-refractivity contribution in [3.05, 3.63) is 48.5 Å². The first-order valence-electron chi connectivity index (χ1n) is 6.18. The molecular formula is C14H14N2O5S. The molecule has 7 nitrogen and oxygen atoms in total. The first-order chi connectivity index (χ1) is 10.4. The van der Waals surface area contributed by atoms with Gasteiger partial charge in [0.05, 0.1) is 12.0 Å². The van der Waals surface area contributed by atoms with Gasteiger partial charge in [0, 0.05) is 17.4 Å². The maximum Gasteiger partial charge on any atom is 0.323 e. The number of rotatable bonds is 4. The summed E-state index contributed by atoms with van der Waals surface area (Å²) in [5.41, 5.74) is 0.748. The van der Waals surface area contributed by atoms with Gasteiger partial charge in [0.25, 0.3) is 10.1 Å². The van der Waals surface area contributed by atoms with Crippen LogP contribution in [0.25, 0.3) is 0 Å². The van der Waals surface area contributed by atoms with E-state index in [2.05, 4.69) is 10.6 Å². The minimum absolute atomic E-state index is 0.232. The largest absolute Gasteiger partial charge is 0.497 e. The smallest absolute Gasteiger partial charge is 0.323 e. The second-order valence-electron chi connectivity index (χ2n) is 4.31. The number of anilines is 2. The van der Waals surface area contributed by atoms with Gasteiger partial charge in [-0.3, -0.25) is 4.55 Å². The molecule has 0 fully saturated rings. The van der Waals surface area contributed by atoms with E-state index in [0.717, 1.165) is 6.07 Å². The SMILES string of the molecule is COc1cccc(NC(=O)Nc2cccc(S(=O)(=O)O)c2)c1. The first-order valence-corrected chi connectivity index (χ1v) is 7.62. The average Bonchev–Trinajstić information content (AvgIpc) is 2.46. The Hall–Kier alpha value is -2.58. The number of benzene rings is 2. The number of ether oxygens (including phenoxy) is 1. The molecule has 0 unspecified atom stereocenters. The van der Waals surface area contributed by atoms with Crippen LogP contribution in [-0.2, 0) is 10.1 Å². The highest BCUT2D eigenvalue weighted by molar-refractivity contribution is 7.85. The third-order valence-electron chi connectivity index (χ3n) is 2.72. The zero-order valence-electron chi connectivity index (χ0n) is 11.6. The molecular weight excluding hydrogens is 308 g/mol. The van der Waals surface area contributed by atoms with E-state index in [0.29, 0.717) is 11.4 Å². The number of methoxy groups -OCH3 is 1. The molecule has 0 atom stereocenters. The fourth-order valence-electron chi connectivity index (χ4n) is 1.73. The van der Waals surface area contributed by atoms with Crippen LogP contribution in [0.15, 0.2) is 53.4 Å². The number of urea groups is 1. The molecule has 22 heavy (non-hydrogen) atoms. The van der Waals surface area contributed by atoms with E-state index in [9.17, 15) is 13.2 Å². The lowest BCUT2D eigenvalue weighted by Crippen LogP contribution is -2.19. The lowest BCUT2D eigenvalue weighted by Gasteiger charge is -2.09. The topological polar surface area (TPSA) is 105 Å². The fraction of sp³-hybridized carbons (Fsp3) is 0.0714. The van der Waals surface area contributed by atoms with Crippen molar-refractivity contribution in [2.45, 2.75) is 4.90 Å². The third kappa shape index (κ3) is 4.21. The Morgan fingerprint density at radius 1 is 1.05 bits per heavy atom. The predicted molar refractivity (Wildman–Crippen MR) is 81.9 cm³/mol. The Labute approximate surface area is 127 Å². The van der Waals surface area contributed by atoms with Gasteiger partial charge in [0.2, 0.25) is 0 Å². The van der Waals surface area contributed by atoms with Gasteiger partial charge in [-0.1, -0.05) is 12.1 Å². The molecule has 0 bridgehead atoms. The van der Waals surface area contributed by atoms with Crippen molar-refractivity contribution in [1.29, 1.82) is 0 Å². The van der Waals surface area contributed by atoms with Crippen molar-refractivity contribution >= 4 is 27.5 Å². The number of amides is 2. The van der Waals surface area contributed by atoms with Crippen molar-refractivity contribution in [2.24, 2.45) is 0 Å². The van der Waals surface area contributed by atoms with Gasteiger partial charge in [0.1, 0.15) is 5.75 Å². The molecule has 2 amide bonds. The van der Waals surface area contributed by atoms with Crippen molar-refractivity contribution in [3.8, 4) is 5.75 Å². The highest BCUT2D eigenvalue weighted by Gasteiger charge is 2.11. The highest BCUT2D eigenvalue weighted by Crippen LogP contribution is 2.18. The van der Waals surface area contributed by atoms with Crippen LogP contribution in [0, 0.1) is 0 Å². The van der Waals surface area contributed by atoms with Gasteiger partial charge in [-0.2, -0.15) is 8.42 Å². The molecule has 2 aromatic rings. The Morgan fingerprint density at radius 2 is 1.64 bits per heavy atom. The Kier molecular flexibility index (Phi) is 4.64. The van der Waals surface area contributed by atoms with E-state index in [1.807, 2.05) is 0 Å². The molecule has 0 saturated heterocycles. The quantitative estimate of drug-likeness (QED) is 0.750. The van der Waals surface area contributed by atoms with Crippen molar-refractivity contribution < 1.29 is 22.5 Å². The monoisotopic (exact) mass is 322 g/mol. The second kappa shape index (κ2) is 6.46. The van der Waals surface area contributed by atoms with Crippen molar-refractivity contribution in [1.82, 2.24) is 0 Å². The van der Waals surface area contributed by atoms with Crippen LogP contribution in [0.3, 0.4) is 0 Å². The van der Waals surface area contributed by atoms with Gasteiger partial charge < -0.3 is 15.4 Å². The lowest BCUT2D eigenvalue weighted by atomic mass is 10.3. The summed E-state index contributed by atoms with van der Waals surface area (Å²) in [7, 11) is -2.80. The molecule has 0 aliphatic carbocycles. The molecule has 2 aromatic carbocycles. The number of carbonyl (C=O) groups is 1. The number of nitrogens with one attached hydrogen (secondary N) is 2. The van der Waals surface area contributed by atoms with Crippen LogP contribution in [0.2, 0.25) is 0 Å². The molecule has 0 radical (unpaired) electrons. The number of carbonyl (C=O) groups excluding carboxylic acids is 1. The zero-order chi connectivity index (χ0) is 16.2. The minimum atomic E-state index is -4.32. The summed E-state index contributed by atoms with van der Waals surface area (Å²) in [5, 5.41) is 5.06. The van der Waals surface area contributed by atoms with Gasteiger partial charge in [0.15, 0.2) is 0 Å². The van der Waals surface area contributed by atoms with Crippen LogP contribution in [-0.4, -0.2) is 26.1 Å². The highest BCUT2D eigenvalue weighted by atomic mass is 32.2. The van der Waals surface area contributed by atoms with E-state index in [1.54, 1.807) is 24.3 Å². The molecule has 8 heteroatoms. The van der Waals surface area contributed by atoms with Crippen LogP contribution in [0.1, 0.15) is 0 Å². The van der Waals surface area contributed by atoms with Gasteiger partial charge in [-0.15, -0.1) is 0 Å².